The minimum absolute atomic E-state index is 0.519. The summed E-state index contributed by atoms with van der Waals surface area (Å²) in [7, 11) is 1.79. The molecule has 1 aromatic carbocycles. The predicted octanol–water partition coefficient (Wildman–Crippen LogP) is 2.80. The summed E-state index contributed by atoms with van der Waals surface area (Å²) in [5.41, 5.74) is 1.70. The highest BCUT2D eigenvalue weighted by molar-refractivity contribution is 7.98. The number of nitrogens with one attached hydrogen (secondary N) is 1. The summed E-state index contributed by atoms with van der Waals surface area (Å²) in [6.07, 6.45) is 0.436. The van der Waals surface area contributed by atoms with Gasteiger partial charge in [0.2, 0.25) is 0 Å². The molecule has 0 radical (unpaired) electrons. The van der Waals surface area contributed by atoms with E-state index in [-0.39, 0.29) is 0 Å². The zero-order valence-corrected chi connectivity index (χ0v) is 10.6. The van der Waals surface area contributed by atoms with Gasteiger partial charge in [-0.05, 0) is 5.56 Å². The van der Waals surface area contributed by atoms with E-state index in [0.717, 1.165) is 10.8 Å². The molecule has 0 spiro atoms. The minimum atomic E-state index is -1.08. The van der Waals surface area contributed by atoms with Crippen LogP contribution in [0, 0.1) is 0 Å². The summed E-state index contributed by atoms with van der Waals surface area (Å²) < 4.78 is 1.67. The van der Waals surface area contributed by atoms with Crippen molar-refractivity contribution in [3.8, 4) is 0 Å². The molecule has 0 aliphatic rings. The van der Waals surface area contributed by atoms with Gasteiger partial charge in [0.05, 0.1) is 11.9 Å². The third kappa shape index (κ3) is 3.04. The first-order valence-electron chi connectivity index (χ1n) is 5.35. The van der Waals surface area contributed by atoms with Gasteiger partial charge < -0.3 is 5.11 Å². The second-order valence-corrected chi connectivity index (χ2v) is 4.66. The largest absolute Gasteiger partial charge is 0.465 e. The highest BCUT2D eigenvalue weighted by Crippen LogP contribution is 2.29. The quantitative estimate of drug-likeness (QED) is 0.832. The number of carboxylic acid groups (broad SMARTS) is 1. The number of nitrogens with zero attached hydrogens (tertiary/aromatic N) is 2. The predicted molar refractivity (Wildman–Crippen MR) is 70.9 cm³/mol. The van der Waals surface area contributed by atoms with E-state index < -0.39 is 6.09 Å². The number of hydrogen-bond acceptors (Lipinski definition) is 3. The van der Waals surface area contributed by atoms with Crippen LogP contribution in [0.15, 0.2) is 41.6 Å². The van der Waals surface area contributed by atoms with Crippen LogP contribution in [0.3, 0.4) is 0 Å². The van der Waals surface area contributed by atoms with E-state index in [4.69, 9.17) is 5.11 Å². The molecule has 0 saturated carbocycles. The van der Waals surface area contributed by atoms with E-state index in [1.165, 1.54) is 11.8 Å². The van der Waals surface area contributed by atoms with Gasteiger partial charge in [-0.3, -0.25) is 10.00 Å². The van der Waals surface area contributed by atoms with Crippen molar-refractivity contribution in [2.45, 2.75) is 10.8 Å². The van der Waals surface area contributed by atoms with Gasteiger partial charge in [0.25, 0.3) is 0 Å². The maximum Gasteiger partial charge on any atom is 0.409 e. The van der Waals surface area contributed by atoms with Crippen molar-refractivity contribution < 1.29 is 9.90 Å². The number of anilines is 1. The standard InChI is InChI=1S/C12H13N3O2S/c1-15-11(10(7-13-15)14-12(16)17)18-8-9-5-3-2-4-6-9/h2-7,14H,8H2,1H3,(H,16,17). The number of aryl methyl sites for hydroxylation is 1. The molecule has 0 aliphatic heterocycles. The van der Waals surface area contributed by atoms with E-state index in [1.807, 2.05) is 30.3 Å². The molecule has 94 valence electrons. The highest BCUT2D eigenvalue weighted by Gasteiger charge is 2.11. The zero-order chi connectivity index (χ0) is 13.0. The first-order valence-corrected chi connectivity index (χ1v) is 6.34. The summed E-state index contributed by atoms with van der Waals surface area (Å²) in [4.78, 5) is 10.6. The summed E-state index contributed by atoms with van der Waals surface area (Å²) >= 11 is 1.55. The van der Waals surface area contributed by atoms with Crippen molar-refractivity contribution in [2.24, 2.45) is 7.05 Å². The lowest BCUT2D eigenvalue weighted by atomic mass is 10.2. The van der Waals surface area contributed by atoms with Crippen molar-refractivity contribution in [2.75, 3.05) is 5.32 Å². The van der Waals surface area contributed by atoms with Gasteiger partial charge >= 0.3 is 6.09 Å². The molecule has 0 saturated heterocycles. The van der Waals surface area contributed by atoms with Crippen LogP contribution >= 0.6 is 11.8 Å². The van der Waals surface area contributed by atoms with Crippen LogP contribution in [0.4, 0.5) is 10.5 Å². The van der Waals surface area contributed by atoms with E-state index in [1.54, 1.807) is 23.5 Å². The Morgan fingerprint density at radius 1 is 1.44 bits per heavy atom. The van der Waals surface area contributed by atoms with E-state index >= 15 is 0 Å². The molecule has 2 aromatic rings. The molecule has 0 aliphatic carbocycles. The molecule has 0 bridgehead atoms. The molecule has 6 heteroatoms. The van der Waals surface area contributed by atoms with Crippen LogP contribution in [0.1, 0.15) is 5.56 Å². The maximum atomic E-state index is 10.6. The maximum absolute atomic E-state index is 10.6. The normalized spacial score (nSPS) is 10.3. The Morgan fingerprint density at radius 2 is 2.17 bits per heavy atom. The molecule has 1 amide bonds. The number of amides is 1. The van der Waals surface area contributed by atoms with Crippen LogP contribution in [0.2, 0.25) is 0 Å². The SMILES string of the molecule is Cn1ncc(NC(=O)O)c1SCc1ccccc1. The monoisotopic (exact) mass is 263 g/mol. The minimum Gasteiger partial charge on any atom is -0.465 e. The fourth-order valence-corrected chi connectivity index (χ4v) is 2.51. The molecule has 1 heterocycles. The summed E-state index contributed by atoms with van der Waals surface area (Å²) in [5.74, 6) is 0.772. The van der Waals surface area contributed by atoms with Gasteiger partial charge in [-0.15, -0.1) is 0 Å². The van der Waals surface area contributed by atoms with Gasteiger partial charge in [0.15, 0.2) is 0 Å². The number of hydrogen-bond donors (Lipinski definition) is 2. The van der Waals surface area contributed by atoms with Crippen LogP contribution in [0.5, 0.6) is 0 Å². The molecular weight excluding hydrogens is 250 g/mol. The van der Waals surface area contributed by atoms with Crippen LogP contribution in [0.25, 0.3) is 0 Å². The number of thioether (sulfide) groups is 1. The summed E-state index contributed by atoms with van der Waals surface area (Å²) in [5, 5.41) is 15.9. The zero-order valence-electron chi connectivity index (χ0n) is 9.83. The highest BCUT2D eigenvalue weighted by atomic mass is 32.2. The van der Waals surface area contributed by atoms with Crippen molar-refractivity contribution >= 4 is 23.5 Å². The average Bonchev–Trinajstić information content (AvgIpc) is 2.68. The number of aromatic nitrogens is 2. The third-order valence-electron chi connectivity index (χ3n) is 2.34. The van der Waals surface area contributed by atoms with Crippen LogP contribution in [-0.4, -0.2) is 21.0 Å². The average molecular weight is 263 g/mol. The number of rotatable bonds is 4. The molecule has 2 rings (SSSR count). The molecule has 1 aromatic heterocycles. The Labute approximate surface area is 109 Å². The molecule has 0 fully saturated rings. The molecule has 0 unspecified atom stereocenters. The molecule has 5 nitrogen and oxygen atoms in total. The van der Waals surface area contributed by atoms with Crippen LogP contribution < -0.4 is 5.32 Å². The van der Waals surface area contributed by atoms with Gasteiger partial charge in [-0.1, -0.05) is 42.1 Å². The van der Waals surface area contributed by atoms with E-state index in [0.29, 0.717) is 5.69 Å². The fraction of sp³-hybridized carbons (Fsp3) is 0.167. The lowest BCUT2D eigenvalue weighted by molar-refractivity contribution is 0.209. The summed E-state index contributed by atoms with van der Waals surface area (Å²) in [6.45, 7) is 0. The van der Waals surface area contributed by atoms with Gasteiger partial charge in [0, 0.05) is 12.8 Å². The van der Waals surface area contributed by atoms with Crippen molar-refractivity contribution in [1.82, 2.24) is 9.78 Å². The molecule has 18 heavy (non-hydrogen) atoms. The lowest BCUT2D eigenvalue weighted by Gasteiger charge is -2.05. The second kappa shape index (κ2) is 5.59. The smallest absolute Gasteiger partial charge is 0.409 e. The Kier molecular flexibility index (Phi) is 3.88. The van der Waals surface area contributed by atoms with Crippen molar-refractivity contribution in [3.05, 3.63) is 42.1 Å². The first kappa shape index (κ1) is 12.5. The molecule has 2 N–H and O–H groups in total. The van der Waals surface area contributed by atoms with Crippen molar-refractivity contribution in [1.29, 1.82) is 0 Å². The molecular formula is C12H13N3O2S. The Morgan fingerprint density at radius 3 is 2.83 bits per heavy atom. The fourth-order valence-electron chi connectivity index (χ4n) is 1.52. The van der Waals surface area contributed by atoms with E-state index in [9.17, 15) is 4.79 Å². The van der Waals surface area contributed by atoms with Gasteiger partial charge in [-0.2, -0.15) is 5.10 Å². The van der Waals surface area contributed by atoms with Crippen molar-refractivity contribution in [3.63, 3.8) is 0 Å². The third-order valence-corrected chi connectivity index (χ3v) is 3.58. The van der Waals surface area contributed by atoms with Gasteiger partial charge in [-0.25, -0.2) is 4.79 Å². The topological polar surface area (TPSA) is 67.2 Å². The van der Waals surface area contributed by atoms with Crippen LogP contribution in [-0.2, 0) is 12.8 Å². The van der Waals surface area contributed by atoms with E-state index in [2.05, 4.69) is 10.4 Å². The second-order valence-electron chi connectivity index (χ2n) is 3.69. The first-order chi connectivity index (χ1) is 8.66. The Hall–Kier alpha value is -1.95. The number of carbonyl (C=O) groups is 1. The molecule has 0 atom stereocenters. The Balaban J connectivity index is 2.09. The number of benzene rings is 1. The Bertz CT molecular complexity index is 540. The lowest BCUT2D eigenvalue weighted by Crippen LogP contribution is -2.07. The summed E-state index contributed by atoms with van der Waals surface area (Å²) in [6, 6.07) is 10.0. The van der Waals surface area contributed by atoms with Gasteiger partial charge in [0.1, 0.15) is 5.03 Å².